The van der Waals surface area contributed by atoms with Crippen LogP contribution >= 0.6 is 0 Å². The van der Waals surface area contributed by atoms with Crippen LogP contribution in [0.5, 0.6) is 11.5 Å². The fourth-order valence-electron chi connectivity index (χ4n) is 3.34. The van der Waals surface area contributed by atoms with Crippen molar-refractivity contribution in [2.24, 2.45) is 0 Å². The van der Waals surface area contributed by atoms with Gasteiger partial charge in [-0.3, -0.25) is 14.7 Å². The smallest absolute Gasteiger partial charge is 0.238 e. The molecule has 0 bridgehead atoms. The molecule has 0 radical (unpaired) electrons. The second-order valence-corrected chi connectivity index (χ2v) is 6.38. The topological polar surface area (TPSA) is 75.7 Å². The van der Waals surface area contributed by atoms with E-state index < -0.39 is 0 Å². The lowest BCUT2D eigenvalue weighted by Gasteiger charge is -2.35. The number of rotatable bonds is 4. The Morgan fingerprint density at radius 1 is 1.27 bits per heavy atom. The van der Waals surface area contributed by atoms with Crippen LogP contribution in [0, 0.1) is 0 Å². The summed E-state index contributed by atoms with van der Waals surface area (Å²) in [5, 5.41) is 6.35. The summed E-state index contributed by atoms with van der Waals surface area (Å²) in [6.45, 7) is 3.90. The molecule has 1 saturated heterocycles. The molecule has 3 heterocycles. The Hall–Kier alpha value is -2.64. The maximum atomic E-state index is 12.6. The standard InChI is InChI=1S/C19H22N4O3/c24-19(22-15-3-4-17-18(10-15)26-9-8-25-17)13-23-7-6-21-12-16(23)14-2-1-5-20-11-14/h1-5,10-11,16,21H,6-9,12-13H2,(H,22,24). The third-order valence-corrected chi connectivity index (χ3v) is 4.60. The SMILES string of the molecule is O=C(CN1CCNCC1c1cccnc1)Nc1ccc2c(c1)OCCO2. The molecule has 1 unspecified atom stereocenters. The van der Waals surface area contributed by atoms with Crippen molar-refractivity contribution in [3.63, 3.8) is 0 Å². The Morgan fingerprint density at radius 3 is 3.00 bits per heavy atom. The molecule has 136 valence electrons. The van der Waals surface area contributed by atoms with Gasteiger partial charge < -0.3 is 20.1 Å². The lowest BCUT2D eigenvalue weighted by Crippen LogP contribution is -2.48. The monoisotopic (exact) mass is 354 g/mol. The number of nitrogens with zero attached hydrogens (tertiary/aromatic N) is 2. The van der Waals surface area contributed by atoms with E-state index in [2.05, 4.69) is 26.6 Å². The van der Waals surface area contributed by atoms with Gasteiger partial charge in [-0.15, -0.1) is 0 Å². The molecule has 1 aromatic heterocycles. The summed E-state index contributed by atoms with van der Waals surface area (Å²) in [5.41, 5.74) is 1.83. The molecule has 0 aliphatic carbocycles. The van der Waals surface area contributed by atoms with Crippen LogP contribution in [0.1, 0.15) is 11.6 Å². The molecule has 4 rings (SSSR count). The van der Waals surface area contributed by atoms with Crippen LogP contribution < -0.4 is 20.1 Å². The van der Waals surface area contributed by atoms with Crippen molar-refractivity contribution >= 4 is 11.6 Å². The minimum atomic E-state index is -0.0440. The molecule has 2 aliphatic heterocycles. The van der Waals surface area contributed by atoms with E-state index in [9.17, 15) is 4.79 Å². The van der Waals surface area contributed by atoms with Crippen molar-refractivity contribution in [2.45, 2.75) is 6.04 Å². The van der Waals surface area contributed by atoms with E-state index in [4.69, 9.17) is 9.47 Å². The Labute approximate surface area is 152 Å². The first-order valence-corrected chi connectivity index (χ1v) is 8.84. The van der Waals surface area contributed by atoms with E-state index >= 15 is 0 Å². The molecule has 1 atom stereocenters. The Kier molecular flexibility index (Phi) is 4.99. The Balaban J connectivity index is 1.42. The largest absolute Gasteiger partial charge is 0.486 e. The summed E-state index contributed by atoms with van der Waals surface area (Å²) >= 11 is 0. The highest BCUT2D eigenvalue weighted by Crippen LogP contribution is 2.32. The maximum Gasteiger partial charge on any atom is 0.238 e. The van der Waals surface area contributed by atoms with Crippen LogP contribution in [0.15, 0.2) is 42.7 Å². The minimum absolute atomic E-state index is 0.0440. The molecular formula is C19H22N4O3. The van der Waals surface area contributed by atoms with Gasteiger partial charge in [0.1, 0.15) is 13.2 Å². The van der Waals surface area contributed by atoms with Crippen molar-refractivity contribution in [1.29, 1.82) is 0 Å². The number of fused-ring (bicyclic) bond motifs is 1. The van der Waals surface area contributed by atoms with Crippen LogP contribution in [0.25, 0.3) is 0 Å². The van der Waals surface area contributed by atoms with Crippen molar-refractivity contribution < 1.29 is 14.3 Å². The number of carbonyl (C=O) groups excluding carboxylic acids is 1. The lowest BCUT2D eigenvalue weighted by molar-refractivity contribution is -0.118. The van der Waals surface area contributed by atoms with Crippen LogP contribution in [0.4, 0.5) is 5.69 Å². The fraction of sp³-hybridized carbons (Fsp3) is 0.368. The minimum Gasteiger partial charge on any atom is -0.486 e. The summed E-state index contributed by atoms with van der Waals surface area (Å²) in [4.78, 5) is 18.9. The number of pyridine rings is 1. The highest BCUT2D eigenvalue weighted by atomic mass is 16.6. The average molecular weight is 354 g/mol. The number of hydrogen-bond donors (Lipinski definition) is 2. The molecule has 1 fully saturated rings. The number of piperazine rings is 1. The summed E-state index contributed by atoms with van der Waals surface area (Å²) in [5.74, 6) is 1.34. The van der Waals surface area contributed by atoms with E-state index in [0.29, 0.717) is 36.9 Å². The van der Waals surface area contributed by atoms with E-state index in [1.807, 2.05) is 30.5 Å². The summed E-state index contributed by atoms with van der Waals surface area (Å²) < 4.78 is 11.1. The third kappa shape index (κ3) is 3.79. The predicted molar refractivity (Wildman–Crippen MR) is 97.5 cm³/mol. The molecule has 26 heavy (non-hydrogen) atoms. The first-order valence-electron chi connectivity index (χ1n) is 8.84. The number of ether oxygens (including phenoxy) is 2. The van der Waals surface area contributed by atoms with E-state index in [-0.39, 0.29) is 11.9 Å². The molecule has 0 spiro atoms. The van der Waals surface area contributed by atoms with Gasteiger partial charge in [0.25, 0.3) is 0 Å². The normalized spacial score (nSPS) is 19.8. The molecule has 2 aromatic rings. The number of carbonyl (C=O) groups is 1. The molecular weight excluding hydrogens is 332 g/mol. The fourth-order valence-corrected chi connectivity index (χ4v) is 3.34. The van der Waals surface area contributed by atoms with Gasteiger partial charge in [0.2, 0.25) is 5.91 Å². The molecule has 7 heteroatoms. The van der Waals surface area contributed by atoms with Gasteiger partial charge in [-0.05, 0) is 23.8 Å². The molecule has 0 saturated carbocycles. The van der Waals surface area contributed by atoms with Gasteiger partial charge in [0.05, 0.1) is 6.54 Å². The second-order valence-electron chi connectivity index (χ2n) is 6.38. The van der Waals surface area contributed by atoms with Gasteiger partial charge in [0.15, 0.2) is 11.5 Å². The van der Waals surface area contributed by atoms with Gasteiger partial charge in [0, 0.05) is 49.8 Å². The maximum absolute atomic E-state index is 12.6. The molecule has 1 amide bonds. The van der Waals surface area contributed by atoms with Gasteiger partial charge >= 0.3 is 0 Å². The number of nitrogens with one attached hydrogen (secondary N) is 2. The number of amides is 1. The van der Waals surface area contributed by atoms with Crippen molar-refractivity contribution in [3.05, 3.63) is 48.3 Å². The van der Waals surface area contributed by atoms with Crippen molar-refractivity contribution in [3.8, 4) is 11.5 Å². The Bertz CT molecular complexity index is 769. The zero-order valence-corrected chi connectivity index (χ0v) is 14.5. The van der Waals surface area contributed by atoms with E-state index in [0.717, 1.165) is 25.2 Å². The van der Waals surface area contributed by atoms with Crippen LogP contribution in [0.2, 0.25) is 0 Å². The number of anilines is 1. The van der Waals surface area contributed by atoms with Crippen molar-refractivity contribution in [2.75, 3.05) is 44.7 Å². The molecule has 1 aromatic carbocycles. The highest BCUT2D eigenvalue weighted by Gasteiger charge is 2.25. The first-order chi connectivity index (χ1) is 12.8. The third-order valence-electron chi connectivity index (χ3n) is 4.60. The summed E-state index contributed by atoms with van der Waals surface area (Å²) in [6.07, 6.45) is 3.63. The molecule has 2 aliphatic rings. The van der Waals surface area contributed by atoms with Crippen LogP contribution in [-0.2, 0) is 4.79 Å². The number of benzene rings is 1. The van der Waals surface area contributed by atoms with E-state index in [1.165, 1.54) is 0 Å². The number of hydrogen-bond acceptors (Lipinski definition) is 6. The summed E-state index contributed by atoms with van der Waals surface area (Å²) in [6, 6.07) is 9.59. The van der Waals surface area contributed by atoms with Gasteiger partial charge in [-0.2, -0.15) is 0 Å². The zero-order valence-electron chi connectivity index (χ0n) is 14.5. The quantitative estimate of drug-likeness (QED) is 0.865. The Morgan fingerprint density at radius 2 is 2.15 bits per heavy atom. The second kappa shape index (κ2) is 7.72. The van der Waals surface area contributed by atoms with Crippen molar-refractivity contribution in [1.82, 2.24) is 15.2 Å². The van der Waals surface area contributed by atoms with Crippen LogP contribution in [-0.4, -0.2) is 55.2 Å². The van der Waals surface area contributed by atoms with Gasteiger partial charge in [-0.1, -0.05) is 6.07 Å². The average Bonchev–Trinajstić information content (AvgIpc) is 2.69. The molecule has 7 nitrogen and oxygen atoms in total. The van der Waals surface area contributed by atoms with Gasteiger partial charge in [-0.25, -0.2) is 0 Å². The van der Waals surface area contributed by atoms with Crippen LogP contribution in [0.3, 0.4) is 0 Å². The molecule has 2 N–H and O–H groups in total. The summed E-state index contributed by atoms with van der Waals surface area (Å²) in [7, 11) is 0. The highest BCUT2D eigenvalue weighted by molar-refractivity contribution is 5.92. The first kappa shape index (κ1) is 16.8. The lowest BCUT2D eigenvalue weighted by atomic mass is 10.1. The predicted octanol–water partition coefficient (Wildman–Crippen LogP) is 1.44. The number of aromatic nitrogens is 1. The van der Waals surface area contributed by atoms with E-state index in [1.54, 1.807) is 6.20 Å². The zero-order chi connectivity index (χ0) is 17.8.